The molecule has 0 amide bonds. The smallest absolute Gasteiger partial charge is 0.243 e. The van der Waals surface area contributed by atoms with E-state index in [-0.39, 0.29) is 17.0 Å². The summed E-state index contributed by atoms with van der Waals surface area (Å²) in [4.78, 5) is 0.116. The third kappa shape index (κ3) is 2.77. The molecule has 4 nitrogen and oxygen atoms in total. The summed E-state index contributed by atoms with van der Waals surface area (Å²) in [7, 11) is -3.59. The van der Waals surface area contributed by atoms with Crippen molar-refractivity contribution >= 4 is 10.0 Å². The summed E-state index contributed by atoms with van der Waals surface area (Å²) in [6.45, 7) is 4.34. The first-order valence-electron chi connectivity index (χ1n) is 6.51. The number of rotatable bonds is 3. The van der Waals surface area contributed by atoms with Gasteiger partial charge in [-0.1, -0.05) is 11.6 Å². The zero-order valence-corrected chi connectivity index (χ0v) is 12.5. The average Bonchev–Trinajstić information content (AvgIpc) is 2.42. The molecule has 20 heavy (non-hydrogen) atoms. The summed E-state index contributed by atoms with van der Waals surface area (Å²) >= 11 is 0. The van der Waals surface area contributed by atoms with Gasteiger partial charge < -0.3 is 5.73 Å². The van der Waals surface area contributed by atoms with Crippen molar-refractivity contribution in [3.8, 4) is 0 Å². The van der Waals surface area contributed by atoms with Gasteiger partial charge in [-0.2, -0.15) is 4.31 Å². The average molecular weight is 298 g/mol. The molecule has 0 saturated heterocycles. The van der Waals surface area contributed by atoms with E-state index in [2.05, 4.69) is 0 Å². The third-order valence-corrected chi connectivity index (χ3v) is 5.40. The van der Waals surface area contributed by atoms with E-state index in [9.17, 15) is 12.8 Å². The highest BCUT2D eigenvalue weighted by Gasteiger charge is 2.26. The van der Waals surface area contributed by atoms with Crippen LogP contribution in [-0.4, -0.2) is 25.8 Å². The van der Waals surface area contributed by atoms with E-state index in [1.54, 1.807) is 6.92 Å². The van der Waals surface area contributed by atoms with Crippen LogP contribution >= 0.6 is 0 Å². The fourth-order valence-electron chi connectivity index (χ4n) is 2.22. The molecule has 2 rings (SSSR count). The molecule has 110 valence electrons. The van der Waals surface area contributed by atoms with Crippen molar-refractivity contribution in [3.05, 3.63) is 40.7 Å². The second kappa shape index (κ2) is 5.63. The van der Waals surface area contributed by atoms with E-state index in [0.29, 0.717) is 18.7 Å². The molecule has 2 N–H and O–H groups in total. The van der Waals surface area contributed by atoms with E-state index in [0.717, 1.165) is 6.42 Å². The Morgan fingerprint density at radius 3 is 2.60 bits per heavy atom. The van der Waals surface area contributed by atoms with Crippen LogP contribution < -0.4 is 5.73 Å². The zero-order chi connectivity index (χ0) is 14.9. The van der Waals surface area contributed by atoms with Gasteiger partial charge in [-0.05, 0) is 38.0 Å². The van der Waals surface area contributed by atoms with Crippen molar-refractivity contribution in [2.75, 3.05) is 13.1 Å². The number of benzene rings is 1. The summed E-state index contributed by atoms with van der Waals surface area (Å²) < 4.78 is 40.3. The molecule has 0 radical (unpaired) electrons. The van der Waals surface area contributed by atoms with Crippen molar-refractivity contribution in [1.82, 2.24) is 4.31 Å². The van der Waals surface area contributed by atoms with Crippen LogP contribution in [0.1, 0.15) is 24.5 Å². The minimum atomic E-state index is -3.59. The number of sulfonamides is 1. The molecular weight excluding hydrogens is 279 g/mol. The van der Waals surface area contributed by atoms with Crippen LogP contribution in [-0.2, 0) is 16.6 Å². The van der Waals surface area contributed by atoms with Gasteiger partial charge in [-0.25, -0.2) is 12.8 Å². The lowest BCUT2D eigenvalue weighted by Gasteiger charge is -2.25. The van der Waals surface area contributed by atoms with Crippen LogP contribution in [0.4, 0.5) is 4.39 Å². The molecule has 0 aromatic heterocycles. The number of nitrogens with zero attached hydrogens (tertiary/aromatic N) is 1. The fraction of sp³-hybridized carbons (Fsp3) is 0.429. The van der Waals surface area contributed by atoms with Crippen LogP contribution in [0, 0.1) is 12.7 Å². The van der Waals surface area contributed by atoms with Gasteiger partial charge in [0.15, 0.2) is 0 Å². The molecule has 6 heteroatoms. The molecule has 0 bridgehead atoms. The van der Waals surface area contributed by atoms with Gasteiger partial charge in [0, 0.05) is 25.2 Å². The van der Waals surface area contributed by atoms with E-state index in [4.69, 9.17) is 5.73 Å². The first kappa shape index (κ1) is 15.2. The Labute approximate surface area is 119 Å². The standard InChI is InChI=1S/C14H19FN2O2S/c1-10-3-5-17(6-4-10)20(18,19)13-7-11(2)14(15)12(8-13)9-16/h3,7-8H,4-6,9,16H2,1-2H3. The summed E-state index contributed by atoms with van der Waals surface area (Å²) in [5, 5.41) is 0. The number of hydrogen-bond donors (Lipinski definition) is 1. The molecule has 0 spiro atoms. The monoisotopic (exact) mass is 298 g/mol. The third-order valence-electron chi connectivity index (χ3n) is 3.56. The van der Waals surface area contributed by atoms with Gasteiger partial charge in [0.25, 0.3) is 0 Å². The Kier molecular flexibility index (Phi) is 4.27. The van der Waals surface area contributed by atoms with E-state index < -0.39 is 15.8 Å². The molecular formula is C14H19FN2O2S. The zero-order valence-electron chi connectivity index (χ0n) is 11.7. The molecule has 0 fully saturated rings. The number of aryl methyl sites for hydroxylation is 1. The Bertz CT molecular complexity index is 653. The first-order chi connectivity index (χ1) is 9.36. The largest absolute Gasteiger partial charge is 0.326 e. The lowest BCUT2D eigenvalue weighted by molar-refractivity contribution is 0.431. The molecule has 0 aliphatic carbocycles. The van der Waals surface area contributed by atoms with E-state index >= 15 is 0 Å². The van der Waals surface area contributed by atoms with Crippen molar-refractivity contribution in [2.24, 2.45) is 5.73 Å². The van der Waals surface area contributed by atoms with Crippen molar-refractivity contribution in [2.45, 2.75) is 31.7 Å². The topological polar surface area (TPSA) is 63.4 Å². The van der Waals surface area contributed by atoms with Gasteiger partial charge in [-0.15, -0.1) is 0 Å². The highest BCUT2D eigenvalue weighted by molar-refractivity contribution is 7.89. The van der Waals surface area contributed by atoms with Gasteiger partial charge >= 0.3 is 0 Å². The molecule has 1 aromatic rings. The molecule has 0 unspecified atom stereocenters. The summed E-state index contributed by atoms with van der Waals surface area (Å²) in [6, 6.07) is 2.71. The fourth-order valence-corrected chi connectivity index (χ4v) is 3.74. The molecule has 1 aliphatic heterocycles. The quantitative estimate of drug-likeness (QED) is 0.867. The molecule has 1 aromatic carbocycles. The predicted molar refractivity (Wildman–Crippen MR) is 76.2 cm³/mol. The van der Waals surface area contributed by atoms with Gasteiger partial charge in [-0.3, -0.25) is 0 Å². The van der Waals surface area contributed by atoms with Crippen LogP contribution in [0.3, 0.4) is 0 Å². The Hall–Kier alpha value is -1.24. The first-order valence-corrected chi connectivity index (χ1v) is 7.95. The van der Waals surface area contributed by atoms with Crippen molar-refractivity contribution in [1.29, 1.82) is 0 Å². The molecule has 0 saturated carbocycles. The summed E-state index contributed by atoms with van der Waals surface area (Å²) in [6.07, 6.45) is 2.63. The van der Waals surface area contributed by atoms with Crippen LogP contribution in [0.5, 0.6) is 0 Å². The van der Waals surface area contributed by atoms with E-state index in [1.165, 1.54) is 22.0 Å². The highest BCUT2D eigenvalue weighted by atomic mass is 32.2. The maximum atomic E-state index is 13.8. The normalized spacial score (nSPS) is 17.1. The van der Waals surface area contributed by atoms with Gasteiger partial charge in [0.2, 0.25) is 10.0 Å². The molecule has 0 atom stereocenters. The second-order valence-electron chi connectivity index (χ2n) is 5.08. The predicted octanol–water partition coefficient (Wildman–Crippen LogP) is 1.93. The summed E-state index contributed by atoms with van der Waals surface area (Å²) in [5.74, 6) is -0.430. The van der Waals surface area contributed by atoms with Crippen molar-refractivity contribution < 1.29 is 12.8 Å². The van der Waals surface area contributed by atoms with Gasteiger partial charge in [0.05, 0.1) is 4.90 Å². The lowest BCUT2D eigenvalue weighted by Crippen LogP contribution is -2.34. The number of nitrogens with two attached hydrogens (primary N) is 1. The minimum absolute atomic E-state index is 0.0188. The van der Waals surface area contributed by atoms with Crippen LogP contribution in [0.2, 0.25) is 0 Å². The maximum Gasteiger partial charge on any atom is 0.243 e. The Morgan fingerprint density at radius 2 is 2.05 bits per heavy atom. The minimum Gasteiger partial charge on any atom is -0.326 e. The van der Waals surface area contributed by atoms with Gasteiger partial charge in [0.1, 0.15) is 5.82 Å². The molecule has 1 heterocycles. The van der Waals surface area contributed by atoms with Crippen molar-refractivity contribution in [3.63, 3.8) is 0 Å². The van der Waals surface area contributed by atoms with E-state index in [1.807, 2.05) is 13.0 Å². The van der Waals surface area contributed by atoms with Crippen LogP contribution in [0.15, 0.2) is 28.7 Å². The number of hydrogen-bond acceptors (Lipinski definition) is 3. The molecule has 1 aliphatic rings. The SMILES string of the molecule is CC1=CCN(S(=O)(=O)c2cc(C)c(F)c(CN)c2)CC1. The van der Waals surface area contributed by atoms with Crippen LogP contribution in [0.25, 0.3) is 0 Å². The highest BCUT2D eigenvalue weighted by Crippen LogP contribution is 2.24. The Balaban J connectivity index is 2.42. The lowest BCUT2D eigenvalue weighted by atomic mass is 10.1. The summed E-state index contributed by atoms with van der Waals surface area (Å²) in [5.41, 5.74) is 7.19. The number of halogens is 1. The maximum absolute atomic E-state index is 13.8. The second-order valence-corrected chi connectivity index (χ2v) is 7.02. The Morgan fingerprint density at radius 1 is 1.35 bits per heavy atom.